The average Bonchev–Trinajstić information content (AvgIpc) is 2.76. The minimum absolute atomic E-state index is 0.376. The van der Waals surface area contributed by atoms with Crippen LogP contribution in [0.3, 0.4) is 0 Å². The van der Waals surface area contributed by atoms with Gasteiger partial charge in [-0.05, 0) is 12.3 Å². The zero-order valence-corrected chi connectivity index (χ0v) is 8.49. The molecule has 0 spiro atoms. The summed E-state index contributed by atoms with van der Waals surface area (Å²) >= 11 is 0. The lowest BCUT2D eigenvalue weighted by molar-refractivity contribution is -0.140. The molecular formula is C10H14N2O3. The Bertz CT molecular complexity index is 308. The van der Waals surface area contributed by atoms with Gasteiger partial charge in [-0.2, -0.15) is 0 Å². The molecule has 0 unspecified atom stereocenters. The fourth-order valence-corrected chi connectivity index (χ4v) is 2.25. The predicted molar refractivity (Wildman–Crippen MR) is 51.8 cm³/mol. The second kappa shape index (κ2) is 4.00. The Morgan fingerprint density at radius 3 is 2.40 bits per heavy atom. The first-order valence-corrected chi connectivity index (χ1v) is 5.35. The highest BCUT2D eigenvalue weighted by Crippen LogP contribution is 2.27. The Hall–Kier alpha value is -1.39. The van der Waals surface area contributed by atoms with Gasteiger partial charge in [0.05, 0.1) is 0 Å². The summed E-state index contributed by atoms with van der Waals surface area (Å²) in [4.78, 5) is 34.3. The number of carbonyl (C=O) groups is 3. The van der Waals surface area contributed by atoms with Crippen molar-refractivity contribution in [3.05, 3.63) is 0 Å². The summed E-state index contributed by atoms with van der Waals surface area (Å²) in [6, 6.07) is -0.567. The van der Waals surface area contributed by atoms with E-state index in [1.165, 1.54) is 25.7 Å². The molecule has 0 atom stereocenters. The van der Waals surface area contributed by atoms with Crippen LogP contribution in [-0.4, -0.2) is 29.3 Å². The quantitative estimate of drug-likeness (QED) is 0.549. The predicted octanol–water partition coefficient (Wildman–Crippen LogP) is 0.645. The number of nitrogens with zero attached hydrogens (tertiary/aromatic N) is 1. The molecular weight excluding hydrogens is 196 g/mol. The first-order valence-electron chi connectivity index (χ1n) is 5.35. The van der Waals surface area contributed by atoms with Crippen LogP contribution in [0.5, 0.6) is 0 Å². The summed E-state index contributed by atoms with van der Waals surface area (Å²) in [6.45, 7) is 0.376. The first kappa shape index (κ1) is 10.1. The molecule has 0 aromatic rings. The van der Waals surface area contributed by atoms with Crippen molar-refractivity contribution in [2.45, 2.75) is 32.1 Å². The molecule has 1 heterocycles. The normalized spacial score (nSPS) is 22.7. The summed E-state index contributed by atoms with van der Waals surface area (Å²) in [5, 5.41) is 1.99. The Labute approximate surface area is 87.8 Å². The van der Waals surface area contributed by atoms with Crippen molar-refractivity contribution in [2.24, 2.45) is 5.92 Å². The molecule has 1 aliphatic heterocycles. The van der Waals surface area contributed by atoms with E-state index in [2.05, 4.69) is 0 Å². The van der Waals surface area contributed by atoms with Gasteiger partial charge in [0.1, 0.15) is 0 Å². The molecule has 1 saturated heterocycles. The lowest BCUT2D eigenvalue weighted by atomic mass is 10.0. The van der Waals surface area contributed by atoms with Gasteiger partial charge in [0.15, 0.2) is 0 Å². The Kier molecular flexibility index (Phi) is 2.70. The van der Waals surface area contributed by atoms with Crippen molar-refractivity contribution in [1.29, 1.82) is 0 Å². The van der Waals surface area contributed by atoms with Crippen molar-refractivity contribution >= 4 is 17.8 Å². The van der Waals surface area contributed by atoms with E-state index in [-0.39, 0.29) is 0 Å². The van der Waals surface area contributed by atoms with Gasteiger partial charge in [0, 0.05) is 6.54 Å². The lowest BCUT2D eigenvalue weighted by Crippen LogP contribution is -2.32. The van der Waals surface area contributed by atoms with E-state index in [0.29, 0.717) is 12.5 Å². The Balaban J connectivity index is 1.85. The molecule has 1 N–H and O–H groups in total. The topological polar surface area (TPSA) is 66.5 Å². The van der Waals surface area contributed by atoms with Crippen LogP contribution in [0.25, 0.3) is 0 Å². The highest BCUT2D eigenvalue weighted by molar-refractivity contribution is 6.44. The average molecular weight is 210 g/mol. The maximum atomic E-state index is 11.2. The summed E-state index contributed by atoms with van der Waals surface area (Å²) in [6.07, 6.45) is 5.66. The summed E-state index contributed by atoms with van der Waals surface area (Å²) in [5.41, 5.74) is 0. The molecule has 5 nitrogen and oxygen atoms in total. The van der Waals surface area contributed by atoms with Crippen molar-refractivity contribution in [1.82, 2.24) is 10.2 Å². The second-order valence-electron chi connectivity index (χ2n) is 4.16. The fourth-order valence-electron chi connectivity index (χ4n) is 2.25. The highest BCUT2D eigenvalue weighted by Gasteiger charge is 2.36. The van der Waals surface area contributed by atoms with E-state index in [4.69, 9.17) is 0 Å². The SMILES string of the molecule is O=C1NC(=O)N(CCC2CCCC2)C1=O. The molecule has 2 rings (SSSR count). The number of nitrogens with one attached hydrogen (secondary N) is 1. The maximum Gasteiger partial charge on any atom is 0.331 e. The van der Waals surface area contributed by atoms with Gasteiger partial charge >= 0.3 is 17.8 Å². The third-order valence-corrected chi connectivity index (χ3v) is 3.14. The molecule has 82 valence electrons. The molecule has 0 aromatic carbocycles. The van der Waals surface area contributed by atoms with E-state index in [1.807, 2.05) is 5.32 Å². The van der Waals surface area contributed by atoms with Crippen LogP contribution in [-0.2, 0) is 9.59 Å². The van der Waals surface area contributed by atoms with E-state index < -0.39 is 17.8 Å². The zero-order chi connectivity index (χ0) is 10.8. The molecule has 2 aliphatic rings. The third-order valence-electron chi connectivity index (χ3n) is 3.14. The number of carbonyl (C=O) groups excluding carboxylic acids is 3. The molecule has 15 heavy (non-hydrogen) atoms. The van der Waals surface area contributed by atoms with Crippen LogP contribution in [0, 0.1) is 5.92 Å². The molecule has 4 amide bonds. The van der Waals surface area contributed by atoms with Crippen LogP contribution in [0.15, 0.2) is 0 Å². The van der Waals surface area contributed by atoms with Gasteiger partial charge in [-0.3, -0.25) is 19.8 Å². The second-order valence-corrected chi connectivity index (χ2v) is 4.16. The minimum atomic E-state index is -0.800. The van der Waals surface area contributed by atoms with Crippen LogP contribution in [0.1, 0.15) is 32.1 Å². The molecule has 1 aliphatic carbocycles. The monoisotopic (exact) mass is 210 g/mol. The molecule has 2 fully saturated rings. The van der Waals surface area contributed by atoms with Gasteiger partial charge in [-0.15, -0.1) is 0 Å². The van der Waals surface area contributed by atoms with Gasteiger partial charge in [-0.1, -0.05) is 25.7 Å². The highest BCUT2D eigenvalue weighted by atomic mass is 16.2. The molecule has 0 aromatic heterocycles. The van der Waals surface area contributed by atoms with E-state index in [0.717, 1.165) is 11.3 Å². The van der Waals surface area contributed by atoms with Crippen molar-refractivity contribution in [3.63, 3.8) is 0 Å². The summed E-state index contributed by atoms with van der Waals surface area (Å²) in [5.74, 6) is -0.897. The van der Waals surface area contributed by atoms with Crippen LogP contribution in [0.4, 0.5) is 4.79 Å². The molecule has 1 saturated carbocycles. The molecule has 0 radical (unpaired) electrons. The van der Waals surface area contributed by atoms with Crippen LogP contribution in [0.2, 0.25) is 0 Å². The van der Waals surface area contributed by atoms with E-state index in [1.54, 1.807) is 0 Å². The first-order chi connectivity index (χ1) is 7.18. The van der Waals surface area contributed by atoms with E-state index >= 15 is 0 Å². The van der Waals surface area contributed by atoms with Crippen LogP contribution >= 0.6 is 0 Å². The standard InChI is InChI=1S/C10H14N2O3/c13-8-9(14)12(10(15)11-8)6-5-7-3-1-2-4-7/h7H,1-6H2,(H,11,13,15). The fraction of sp³-hybridized carbons (Fsp3) is 0.700. The molecule has 0 bridgehead atoms. The van der Waals surface area contributed by atoms with Crippen molar-refractivity contribution in [3.8, 4) is 0 Å². The lowest BCUT2D eigenvalue weighted by Gasteiger charge is -2.14. The summed E-state index contributed by atoms with van der Waals surface area (Å²) in [7, 11) is 0. The minimum Gasteiger partial charge on any atom is -0.269 e. The molecule has 5 heteroatoms. The third kappa shape index (κ3) is 2.00. The van der Waals surface area contributed by atoms with Gasteiger partial charge in [0.2, 0.25) is 0 Å². The smallest absolute Gasteiger partial charge is 0.269 e. The Morgan fingerprint density at radius 1 is 1.20 bits per heavy atom. The van der Waals surface area contributed by atoms with Crippen molar-refractivity contribution in [2.75, 3.05) is 6.54 Å². The number of hydrogen-bond acceptors (Lipinski definition) is 3. The van der Waals surface area contributed by atoms with Gasteiger partial charge in [-0.25, -0.2) is 4.79 Å². The van der Waals surface area contributed by atoms with Gasteiger partial charge in [0.25, 0.3) is 0 Å². The van der Waals surface area contributed by atoms with Gasteiger partial charge < -0.3 is 0 Å². The number of rotatable bonds is 3. The number of imide groups is 2. The van der Waals surface area contributed by atoms with Crippen molar-refractivity contribution < 1.29 is 14.4 Å². The Morgan fingerprint density at radius 2 is 1.87 bits per heavy atom. The van der Waals surface area contributed by atoms with Crippen LogP contribution < -0.4 is 5.32 Å². The number of amides is 4. The summed E-state index contributed by atoms with van der Waals surface area (Å²) < 4.78 is 0. The number of urea groups is 1. The largest absolute Gasteiger partial charge is 0.331 e. The maximum absolute atomic E-state index is 11.2. The van der Waals surface area contributed by atoms with E-state index in [9.17, 15) is 14.4 Å². The zero-order valence-electron chi connectivity index (χ0n) is 8.49. The number of hydrogen-bond donors (Lipinski definition) is 1.